The molecule has 230 valence electrons. The lowest BCUT2D eigenvalue weighted by Gasteiger charge is -2.24. The average molecular weight is 631 g/mol. The number of anilines is 1. The fourth-order valence-corrected chi connectivity index (χ4v) is 6.37. The Hall–Kier alpha value is -3.99. The summed E-state index contributed by atoms with van der Waals surface area (Å²) >= 11 is 6.31. The molecule has 0 bridgehead atoms. The van der Waals surface area contributed by atoms with Crippen LogP contribution in [-0.2, 0) is 23.3 Å². The molecule has 1 aliphatic carbocycles. The summed E-state index contributed by atoms with van der Waals surface area (Å²) in [4.78, 5) is 27.0. The monoisotopic (exact) mass is 630 g/mol. The minimum Gasteiger partial charge on any atom is -0.360 e. The Morgan fingerprint density at radius 1 is 1.09 bits per heavy atom. The Kier molecular flexibility index (Phi) is 9.24. The molecule has 2 aromatic heterocycles. The number of nitrogens with one attached hydrogen (secondary N) is 2. The van der Waals surface area contributed by atoms with Gasteiger partial charge in [0, 0.05) is 55.8 Å². The van der Waals surface area contributed by atoms with Crippen LogP contribution in [-0.4, -0.2) is 52.1 Å². The summed E-state index contributed by atoms with van der Waals surface area (Å²) in [5, 5.41) is 15.3. The van der Waals surface area contributed by atoms with Crippen LogP contribution in [0.15, 0.2) is 60.8 Å². The number of hydrogen-bond acceptors (Lipinski definition) is 5. The molecular weight excluding hydrogens is 592 g/mol. The second-order valence-electron chi connectivity index (χ2n) is 12.4. The first kappa shape index (κ1) is 31.4. The number of aryl methyl sites for hydroxylation is 2. The number of carbonyl (C=O) groups excluding carboxylic acids is 2. The molecule has 0 radical (unpaired) electrons. The topological polar surface area (TPSA) is 103 Å². The molecule has 0 spiro atoms. The summed E-state index contributed by atoms with van der Waals surface area (Å²) in [5.74, 6) is -1.13. The van der Waals surface area contributed by atoms with Crippen molar-refractivity contribution in [2.75, 3.05) is 11.9 Å². The summed E-state index contributed by atoms with van der Waals surface area (Å²) in [5.41, 5.74) is 6.79. The minimum absolute atomic E-state index is 0.341. The van der Waals surface area contributed by atoms with E-state index in [1.165, 1.54) is 4.68 Å². The Morgan fingerprint density at radius 3 is 2.52 bits per heavy atom. The molecule has 0 saturated carbocycles. The van der Waals surface area contributed by atoms with E-state index in [0.717, 1.165) is 46.3 Å². The largest absolute Gasteiger partial charge is 0.360 e. The van der Waals surface area contributed by atoms with Gasteiger partial charge < -0.3 is 15.4 Å². The maximum Gasteiger partial charge on any atom is 0.270 e. The van der Waals surface area contributed by atoms with E-state index < -0.39 is 25.9 Å². The number of halogens is 1. The van der Waals surface area contributed by atoms with Crippen molar-refractivity contribution in [3.8, 4) is 11.1 Å². The van der Waals surface area contributed by atoms with Crippen molar-refractivity contribution in [3.63, 3.8) is 0 Å². The number of aromatic nitrogens is 4. The van der Waals surface area contributed by atoms with Crippen molar-refractivity contribution in [1.82, 2.24) is 24.9 Å². The van der Waals surface area contributed by atoms with Crippen LogP contribution in [0.2, 0.25) is 30.7 Å². The fourth-order valence-electron chi connectivity index (χ4n) is 5.43. The number of benzene rings is 2. The van der Waals surface area contributed by atoms with Crippen molar-refractivity contribution < 1.29 is 14.3 Å². The zero-order valence-electron chi connectivity index (χ0n) is 26.0. The maximum absolute atomic E-state index is 13.8. The highest BCUT2D eigenvalue weighted by Crippen LogP contribution is 2.35. The third kappa shape index (κ3) is 7.04. The molecular formula is C33H39ClN6O3Si. The van der Waals surface area contributed by atoms with Crippen LogP contribution in [0.1, 0.15) is 38.9 Å². The molecule has 5 rings (SSSR count). The fraction of sp³-hybridized carbons (Fsp3) is 0.333. The van der Waals surface area contributed by atoms with Crippen molar-refractivity contribution in [1.29, 1.82) is 0 Å². The van der Waals surface area contributed by atoms with Crippen LogP contribution < -0.4 is 10.6 Å². The van der Waals surface area contributed by atoms with Gasteiger partial charge in [-0.25, -0.2) is 4.68 Å². The van der Waals surface area contributed by atoms with Crippen molar-refractivity contribution in [2.24, 2.45) is 7.05 Å². The smallest absolute Gasteiger partial charge is 0.270 e. The summed E-state index contributed by atoms with van der Waals surface area (Å²) in [6.45, 7) is 12.2. The highest BCUT2D eigenvalue weighted by Gasteiger charge is 2.34. The standard InChI is InChI=1S/C33H39ClN6O3Si/c1-21-30(22(2)40(38-21)20-43-17-18-44(4,5)6)24-8-12-26(13-9-24)36-33(42)31(37-32(41)29-15-16-35-39(29)3)27-14-10-23-7-11-25(34)19-28(23)27/h7-16,19,27,31H,17-18,20H2,1-6H3,(H,36,42)(H,37,41)/t27-,31?/m1/s1. The van der Waals surface area contributed by atoms with Gasteiger partial charge in [0.25, 0.3) is 5.91 Å². The first-order chi connectivity index (χ1) is 20.9. The minimum atomic E-state index is -1.16. The molecule has 0 saturated heterocycles. The predicted octanol–water partition coefficient (Wildman–Crippen LogP) is 6.41. The normalized spacial score (nSPS) is 14.8. The highest BCUT2D eigenvalue weighted by molar-refractivity contribution is 6.76. The van der Waals surface area contributed by atoms with Crippen LogP contribution in [0.5, 0.6) is 0 Å². The molecule has 2 heterocycles. The number of amides is 2. The summed E-state index contributed by atoms with van der Waals surface area (Å²) in [7, 11) is 0.527. The third-order valence-corrected chi connectivity index (χ3v) is 9.84. The number of nitrogens with zero attached hydrogens (tertiary/aromatic N) is 4. The Balaban J connectivity index is 1.33. The van der Waals surface area contributed by atoms with E-state index in [4.69, 9.17) is 21.4 Å². The van der Waals surface area contributed by atoms with E-state index in [1.807, 2.05) is 73.1 Å². The summed E-state index contributed by atoms with van der Waals surface area (Å²) in [6, 6.07) is 15.1. The predicted molar refractivity (Wildman–Crippen MR) is 178 cm³/mol. The van der Waals surface area contributed by atoms with Crippen LogP contribution >= 0.6 is 11.6 Å². The Morgan fingerprint density at radius 2 is 1.84 bits per heavy atom. The van der Waals surface area contributed by atoms with Crippen LogP contribution in [0.25, 0.3) is 17.2 Å². The van der Waals surface area contributed by atoms with Crippen LogP contribution in [0.4, 0.5) is 5.69 Å². The van der Waals surface area contributed by atoms with Gasteiger partial charge in [0.2, 0.25) is 5.91 Å². The first-order valence-electron chi connectivity index (χ1n) is 14.7. The van der Waals surface area contributed by atoms with E-state index >= 15 is 0 Å². The van der Waals surface area contributed by atoms with E-state index in [9.17, 15) is 9.59 Å². The molecule has 44 heavy (non-hydrogen) atoms. The van der Waals surface area contributed by atoms with Gasteiger partial charge in [-0.05, 0) is 66.9 Å². The molecule has 1 unspecified atom stereocenters. The van der Waals surface area contributed by atoms with Gasteiger partial charge in [-0.15, -0.1) is 0 Å². The molecule has 2 aromatic carbocycles. The Labute approximate surface area is 264 Å². The number of fused-ring (bicyclic) bond motifs is 1. The number of rotatable bonds is 11. The summed E-state index contributed by atoms with van der Waals surface area (Å²) in [6.07, 6.45) is 5.42. The number of hydrogen-bond donors (Lipinski definition) is 2. The van der Waals surface area contributed by atoms with Gasteiger partial charge in [-0.1, -0.05) is 61.6 Å². The van der Waals surface area contributed by atoms with Crippen molar-refractivity contribution >= 4 is 43.3 Å². The van der Waals surface area contributed by atoms with Gasteiger partial charge in [0.05, 0.1) is 5.69 Å². The van der Waals surface area contributed by atoms with Gasteiger partial charge in [-0.3, -0.25) is 14.3 Å². The average Bonchev–Trinajstić information content (AvgIpc) is 3.66. The molecule has 4 aromatic rings. The number of carbonyl (C=O) groups is 2. The van der Waals surface area contributed by atoms with E-state index in [1.54, 1.807) is 19.3 Å². The second kappa shape index (κ2) is 12.9. The highest BCUT2D eigenvalue weighted by atomic mass is 35.5. The van der Waals surface area contributed by atoms with E-state index in [2.05, 4.69) is 35.4 Å². The van der Waals surface area contributed by atoms with Gasteiger partial charge >= 0.3 is 0 Å². The SMILES string of the molecule is Cc1nn(COCC[Si](C)(C)C)c(C)c1-c1ccc(NC(=O)C(NC(=O)c2ccnn2C)[C@@H]2C=Cc3ccc(Cl)cc32)cc1. The molecule has 0 aliphatic heterocycles. The molecule has 0 fully saturated rings. The van der Waals surface area contributed by atoms with Crippen molar-refractivity contribution in [3.05, 3.63) is 94.0 Å². The second-order valence-corrected chi connectivity index (χ2v) is 18.5. The lowest BCUT2D eigenvalue weighted by molar-refractivity contribution is -0.118. The molecule has 9 nitrogen and oxygen atoms in total. The maximum atomic E-state index is 13.8. The van der Waals surface area contributed by atoms with E-state index in [-0.39, 0.29) is 5.91 Å². The molecule has 2 amide bonds. The van der Waals surface area contributed by atoms with Crippen LogP contribution in [0.3, 0.4) is 0 Å². The van der Waals surface area contributed by atoms with Crippen molar-refractivity contribution in [2.45, 2.75) is 58.2 Å². The summed E-state index contributed by atoms with van der Waals surface area (Å²) < 4.78 is 9.31. The molecule has 2 N–H and O–H groups in total. The lowest BCUT2D eigenvalue weighted by Crippen LogP contribution is -2.47. The van der Waals surface area contributed by atoms with Gasteiger partial charge in [-0.2, -0.15) is 10.2 Å². The van der Waals surface area contributed by atoms with Crippen LogP contribution in [0, 0.1) is 13.8 Å². The Bertz CT molecular complexity index is 1700. The lowest BCUT2D eigenvalue weighted by atomic mass is 9.92. The quantitative estimate of drug-likeness (QED) is 0.147. The van der Waals surface area contributed by atoms with Gasteiger partial charge in [0.15, 0.2) is 0 Å². The first-order valence-corrected chi connectivity index (χ1v) is 18.8. The number of ether oxygens (including phenoxy) is 1. The third-order valence-electron chi connectivity index (χ3n) is 7.91. The molecule has 1 aliphatic rings. The molecule has 11 heteroatoms. The van der Waals surface area contributed by atoms with E-state index in [0.29, 0.717) is 23.1 Å². The zero-order chi connectivity index (χ0) is 31.6. The van der Waals surface area contributed by atoms with Gasteiger partial charge in [0.1, 0.15) is 18.5 Å². The zero-order valence-corrected chi connectivity index (χ0v) is 27.8. The molecule has 2 atom stereocenters.